The van der Waals surface area contributed by atoms with E-state index >= 15 is 0 Å². The molecule has 2 amide bonds. The number of nitrogens with zero attached hydrogens (tertiary/aromatic N) is 2. The summed E-state index contributed by atoms with van der Waals surface area (Å²) in [6, 6.07) is 17.3. The minimum absolute atomic E-state index is 0.0252. The van der Waals surface area contributed by atoms with Crippen molar-refractivity contribution >= 4 is 23.4 Å². The van der Waals surface area contributed by atoms with Crippen LogP contribution in [0, 0.1) is 5.92 Å². The number of fused-ring (bicyclic) bond motifs is 1. The highest BCUT2D eigenvalue weighted by Crippen LogP contribution is 2.32. The van der Waals surface area contributed by atoms with E-state index in [9.17, 15) is 9.59 Å². The van der Waals surface area contributed by atoms with Gasteiger partial charge in [-0.3, -0.25) is 14.5 Å². The van der Waals surface area contributed by atoms with Gasteiger partial charge < -0.3 is 10.2 Å². The number of halogens is 1. The van der Waals surface area contributed by atoms with E-state index in [-0.39, 0.29) is 23.8 Å². The maximum atomic E-state index is 13.4. The highest BCUT2D eigenvalue weighted by Gasteiger charge is 2.39. The number of hydrogen-bond donors (Lipinski definition) is 1. The fourth-order valence-electron chi connectivity index (χ4n) is 4.85. The second kappa shape index (κ2) is 10.3. The van der Waals surface area contributed by atoms with E-state index in [2.05, 4.69) is 10.2 Å². The van der Waals surface area contributed by atoms with E-state index in [0.29, 0.717) is 18.7 Å². The Morgan fingerprint density at radius 3 is 2.55 bits per heavy atom. The number of rotatable bonds is 3. The largest absolute Gasteiger partial charge is 0.355 e. The fraction of sp³-hybridized carbons (Fsp3) is 0.440. The summed E-state index contributed by atoms with van der Waals surface area (Å²) in [5, 5.41) is 3.89. The SMILES string of the molecule is O=C1NCCN(Cc2ccccc2Cl)CCCN(C(=O)c2ccccc2)C2CCCC12. The highest BCUT2D eigenvalue weighted by molar-refractivity contribution is 6.31. The topological polar surface area (TPSA) is 52.7 Å². The summed E-state index contributed by atoms with van der Waals surface area (Å²) < 4.78 is 0. The lowest BCUT2D eigenvalue weighted by Gasteiger charge is -2.33. The second-order valence-electron chi connectivity index (χ2n) is 8.48. The molecule has 1 aliphatic heterocycles. The van der Waals surface area contributed by atoms with Gasteiger partial charge in [-0.25, -0.2) is 0 Å². The van der Waals surface area contributed by atoms with Crippen LogP contribution < -0.4 is 5.32 Å². The maximum absolute atomic E-state index is 13.4. The molecule has 6 heteroatoms. The molecule has 4 rings (SSSR count). The van der Waals surface area contributed by atoms with Gasteiger partial charge in [0, 0.05) is 49.4 Å². The minimum atomic E-state index is -0.122. The van der Waals surface area contributed by atoms with Gasteiger partial charge in [0.05, 0.1) is 5.92 Å². The molecule has 2 aromatic carbocycles. The van der Waals surface area contributed by atoms with Gasteiger partial charge >= 0.3 is 0 Å². The molecule has 2 unspecified atom stereocenters. The Morgan fingerprint density at radius 2 is 1.74 bits per heavy atom. The first kappa shape index (κ1) is 21.8. The molecule has 2 aromatic rings. The van der Waals surface area contributed by atoms with Crippen molar-refractivity contribution in [1.82, 2.24) is 15.1 Å². The molecule has 0 aromatic heterocycles. The van der Waals surface area contributed by atoms with E-state index in [1.807, 2.05) is 59.5 Å². The smallest absolute Gasteiger partial charge is 0.254 e. The molecule has 2 atom stereocenters. The Kier molecular flexibility index (Phi) is 7.25. The predicted molar refractivity (Wildman–Crippen MR) is 123 cm³/mol. The molecule has 2 aliphatic rings. The van der Waals surface area contributed by atoms with Gasteiger partial charge in [0.1, 0.15) is 0 Å². The lowest BCUT2D eigenvalue weighted by atomic mass is 9.99. The van der Waals surface area contributed by atoms with Crippen molar-refractivity contribution in [3.8, 4) is 0 Å². The van der Waals surface area contributed by atoms with Crippen LogP contribution >= 0.6 is 11.6 Å². The predicted octanol–water partition coefficient (Wildman–Crippen LogP) is 3.97. The third-order valence-electron chi connectivity index (χ3n) is 6.45. The summed E-state index contributed by atoms with van der Waals surface area (Å²) in [5.74, 6) is -0.0158. The summed E-state index contributed by atoms with van der Waals surface area (Å²) in [7, 11) is 0. The lowest BCUT2D eigenvalue weighted by Crippen LogP contribution is -2.47. The van der Waals surface area contributed by atoms with E-state index in [0.717, 1.165) is 55.9 Å². The van der Waals surface area contributed by atoms with Crippen LogP contribution in [0.25, 0.3) is 0 Å². The molecule has 164 valence electrons. The molecule has 0 bridgehead atoms. The molecule has 0 radical (unpaired) electrons. The van der Waals surface area contributed by atoms with Crippen molar-refractivity contribution < 1.29 is 9.59 Å². The van der Waals surface area contributed by atoms with Gasteiger partial charge in [-0.05, 0) is 43.0 Å². The Balaban J connectivity index is 1.53. The molecule has 0 spiro atoms. The Morgan fingerprint density at radius 1 is 0.968 bits per heavy atom. The summed E-state index contributed by atoms with van der Waals surface area (Å²) >= 11 is 6.37. The van der Waals surface area contributed by atoms with E-state index in [1.165, 1.54) is 0 Å². The first-order valence-corrected chi connectivity index (χ1v) is 11.6. The maximum Gasteiger partial charge on any atom is 0.254 e. The second-order valence-corrected chi connectivity index (χ2v) is 8.89. The van der Waals surface area contributed by atoms with Crippen LogP contribution in [-0.4, -0.2) is 53.8 Å². The lowest BCUT2D eigenvalue weighted by molar-refractivity contribution is -0.126. The summed E-state index contributed by atoms with van der Waals surface area (Å²) in [6.45, 7) is 3.60. The zero-order chi connectivity index (χ0) is 21.6. The molecule has 1 saturated carbocycles. The Hall–Kier alpha value is -2.37. The molecular weight excluding hydrogens is 410 g/mol. The number of amides is 2. The van der Waals surface area contributed by atoms with Gasteiger partial charge in [-0.1, -0.05) is 54.4 Å². The zero-order valence-electron chi connectivity index (χ0n) is 17.8. The highest BCUT2D eigenvalue weighted by atomic mass is 35.5. The molecule has 2 fully saturated rings. The van der Waals surface area contributed by atoms with E-state index in [4.69, 9.17) is 11.6 Å². The average Bonchev–Trinajstić information content (AvgIpc) is 3.26. The zero-order valence-corrected chi connectivity index (χ0v) is 18.6. The van der Waals surface area contributed by atoms with Gasteiger partial charge in [0.25, 0.3) is 5.91 Å². The summed E-state index contributed by atoms with van der Waals surface area (Å²) in [4.78, 5) is 30.6. The van der Waals surface area contributed by atoms with E-state index in [1.54, 1.807) is 0 Å². The Bertz CT molecular complexity index is 905. The van der Waals surface area contributed by atoms with Crippen molar-refractivity contribution in [2.24, 2.45) is 5.92 Å². The van der Waals surface area contributed by atoms with Crippen LogP contribution in [0.3, 0.4) is 0 Å². The Labute approximate surface area is 189 Å². The van der Waals surface area contributed by atoms with Gasteiger partial charge in [0.15, 0.2) is 0 Å². The first-order chi connectivity index (χ1) is 15.1. The van der Waals surface area contributed by atoms with E-state index < -0.39 is 0 Å². The number of hydrogen-bond acceptors (Lipinski definition) is 3. The average molecular weight is 440 g/mol. The molecule has 1 saturated heterocycles. The molecule has 1 heterocycles. The van der Waals surface area contributed by atoms with Gasteiger partial charge in [0.2, 0.25) is 5.91 Å². The first-order valence-electron chi connectivity index (χ1n) is 11.2. The van der Waals surface area contributed by atoms with Crippen molar-refractivity contribution in [2.45, 2.75) is 38.3 Å². The summed E-state index contributed by atoms with van der Waals surface area (Å²) in [6.07, 6.45) is 3.58. The standard InChI is InChI=1S/C25H30ClN3O2/c26-22-12-5-4-10-20(22)18-28-15-7-16-29(25(31)19-8-2-1-3-9-19)23-13-6-11-21(23)24(30)27-14-17-28/h1-5,8-10,12,21,23H,6-7,11,13-18H2,(H,27,30). The van der Waals surface area contributed by atoms with Crippen LogP contribution in [0.5, 0.6) is 0 Å². The van der Waals surface area contributed by atoms with Crippen LogP contribution in [-0.2, 0) is 11.3 Å². The number of carbonyl (C=O) groups excluding carboxylic acids is 2. The molecular formula is C25H30ClN3O2. The van der Waals surface area contributed by atoms with Gasteiger partial charge in [-0.2, -0.15) is 0 Å². The fourth-order valence-corrected chi connectivity index (χ4v) is 5.05. The van der Waals surface area contributed by atoms with Crippen molar-refractivity contribution in [3.05, 3.63) is 70.7 Å². The van der Waals surface area contributed by atoms with Gasteiger partial charge in [-0.15, -0.1) is 0 Å². The summed E-state index contributed by atoms with van der Waals surface area (Å²) in [5.41, 5.74) is 1.77. The number of benzene rings is 2. The third-order valence-corrected chi connectivity index (χ3v) is 6.82. The van der Waals surface area contributed by atoms with Crippen LogP contribution in [0.1, 0.15) is 41.6 Å². The normalized spacial score (nSPS) is 23.0. The van der Waals surface area contributed by atoms with Crippen LogP contribution in [0.15, 0.2) is 54.6 Å². The monoisotopic (exact) mass is 439 g/mol. The molecule has 31 heavy (non-hydrogen) atoms. The van der Waals surface area contributed by atoms with Crippen molar-refractivity contribution in [1.29, 1.82) is 0 Å². The van der Waals surface area contributed by atoms with Crippen LogP contribution in [0.4, 0.5) is 0 Å². The molecule has 5 nitrogen and oxygen atoms in total. The molecule has 1 aliphatic carbocycles. The minimum Gasteiger partial charge on any atom is -0.355 e. The quantitative estimate of drug-likeness (QED) is 0.787. The van der Waals surface area contributed by atoms with Crippen molar-refractivity contribution in [2.75, 3.05) is 26.2 Å². The molecule has 1 N–H and O–H groups in total. The number of carbonyl (C=O) groups is 2. The number of nitrogens with one attached hydrogen (secondary N) is 1. The third kappa shape index (κ3) is 5.28. The van der Waals surface area contributed by atoms with Crippen molar-refractivity contribution in [3.63, 3.8) is 0 Å². The van der Waals surface area contributed by atoms with Crippen LogP contribution in [0.2, 0.25) is 5.02 Å².